The fourth-order valence-corrected chi connectivity index (χ4v) is 3.94. The van der Waals surface area contributed by atoms with Crippen LogP contribution in [0.3, 0.4) is 0 Å². The van der Waals surface area contributed by atoms with Gasteiger partial charge in [-0.3, -0.25) is 9.59 Å². The van der Waals surface area contributed by atoms with Crippen molar-refractivity contribution in [3.8, 4) is 11.1 Å². The summed E-state index contributed by atoms with van der Waals surface area (Å²) in [4.78, 5) is 29.4. The average molecular weight is 369 g/mol. The number of amides is 2. The van der Waals surface area contributed by atoms with E-state index < -0.39 is 0 Å². The second-order valence-electron chi connectivity index (χ2n) is 6.43. The first kappa shape index (κ1) is 18.5. The van der Waals surface area contributed by atoms with E-state index in [2.05, 4.69) is 18.4 Å². The lowest BCUT2D eigenvalue weighted by Crippen LogP contribution is -2.36. The lowest BCUT2D eigenvalue weighted by atomic mass is 10.0. The summed E-state index contributed by atoms with van der Waals surface area (Å²) < 4.78 is 0. The SMILES string of the molecule is CSc1ccccc1-c1cccc(C(=O)N2CCCN(C(C)=O)CC2)c1. The number of hydrogen-bond acceptors (Lipinski definition) is 3. The van der Waals surface area contributed by atoms with Gasteiger partial charge >= 0.3 is 0 Å². The first-order valence-electron chi connectivity index (χ1n) is 8.88. The maximum atomic E-state index is 13.0. The Kier molecular flexibility index (Phi) is 5.99. The predicted octanol–water partition coefficient (Wildman–Crippen LogP) is 3.77. The average Bonchev–Trinajstić information content (AvgIpc) is 2.94. The third kappa shape index (κ3) is 4.10. The van der Waals surface area contributed by atoms with E-state index in [0.29, 0.717) is 25.2 Å². The molecule has 3 rings (SSSR count). The highest BCUT2D eigenvalue weighted by atomic mass is 32.2. The Morgan fingerprint density at radius 1 is 0.923 bits per heavy atom. The fraction of sp³-hybridized carbons (Fsp3) is 0.333. The predicted molar refractivity (Wildman–Crippen MR) is 106 cm³/mol. The number of hydrogen-bond donors (Lipinski definition) is 0. The third-order valence-corrected chi connectivity index (χ3v) is 5.55. The molecular weight excluding hydrogens is 344 g/mol. The number of nitrogens with zero attached hydrogens (tertiary/aromatic N) is 2. The van der Waals surface area contributed by atoms with Gasteiger partial charge in [-0.15, -0.1) is 11.8 Å². The van der Waals surface area contributed by atoms with Crippen molar-refractivity contribution < 1.29 is 9.59 Å². The van der Waals surface area contributed by atoms with Crippen molar-refractivity contribution in [2.45, 2.75) is 18.2 Å². The number of carbonyl (C=O) groups excluding carboxylic acids is 2. The first-order chi connectivity index (χ1) is 12.6. The summed E-state index contributed by atoms with van der Waals surface area (Å²) >= 11 is 1.71. The fourth-order valence-electron chi connectivity index (χ4n) is 3.32. The highest BCUT2D eigenvalue weighted by Gasteiger charge is 2.21. The second kappa shape index (κ2) is 8.41. The van der Waals surface area contributed by atoms with Crippen molar-refractivity contribution in [1.82, 2.24) is 9.80 Å². The molecule has 0 N–H and O–H groups in total. The van der Waals surface area contributed by atoms with Gasteiger partial charge < -0.3 is 9.80 Å². The molecule has 2 aromatic carbocycles. The molecule has 0 bridgehead atoms. The van der Waals surface area contributed by atoms with E-state index in [-0.39, 0.29) is 11.8 Å². The number of benzene rings is 2. The minimum absolute atomic E-state index is 0.0406. The van der Waals surface area contributed by atoms with Crippen LogP contribution in [0.5, 0.6) is 0 Å². The number of rotatable bonds is 3. The van der Waals surface area contributed by atoms with E-state index in [9.17, 15) is 9.59 Å². The van der Waals surface area contributed by atoms with E-state index >= 15 is 0 Å². The number of thioether (sulfide) groups is 1. The Morgan fingerprint density at radius 2 is 1.65 bits per heavy atom. The molecule has 1 aliphatic heterocycles. The van der Waals surface area contributed by atoms with E-state index in [0.717, 1.165) is 24.1 Å². The topological polar surface area (TPSA) is 40.6 Å². The van der Waals surface area contributed by atoms with Gasteiger partial charge in [0.15, 0.2) is 0 Å². The van der Waals surface area contributed by atoms with Gasteiger partial charge in [-0.2, -0.15) is 0 Å². The molecule has 1 heterocycles. The lowest BCUT2D eigenvalue weighted by molar-refractivity contribution is -0.128. The molecule has 1 fully saturated rings. The van der Waals surface area contributed by atoms with Crippen LogP contribution >= 0.6 is 11.8 Å². The molecule has 0 unspecified atom stereocenters. The van der Waals surface area contributed by atoms with Crippen molar-refractivity contribution in [3.63, 3.8) is 0 Å². The summed E-state index contributed by atoms with van der Waals surface area (Å²) in [5.74, 6) is 0.119. The van der Waals surface area contributed by atoms with Gasteiger partial charge in [0.25, 0.3) is 5.91 Å². The van der Waals surface area contributed by atoms with Gasteiger partial charge in [-0.1, -0.05) is 30.3 Å². The molecule has 26 heavy (non-hydrogen) atoms. The van der Waals surface area contributed by atoms with Crippen LogP contribution < -0.4 is 0 Å². The number of carbonyl (C=O) groups is 2. The van der Waals surface area contributed by atoms with Crippen molar-refractivity contribution in [3.05, 3.63) is 54.1 Å². The Hall–Kier alpha value is -2.27. The maximum Gasteiger partial charge on any atom is 0.253 e. The normalized spacial score (nSPS) is 14.8. The van der Waals surface area contributed by atoms with Crippen LogP contribution in [0.25, 0.3) is 11.1 Å². The van der Waals surface area contributed by atoms with Crippen LogP contribution in [0.15, 0.2) is 53.4 Å². The summed E-state index contributed by atoms with van der Waals surface area (Å²) in [5.41, 5.74) is 2.91. The molecule has 0 spiro atoms. The van der Waals surface area contributed by atoms with Crippen molar-refractivity contribution >= 4 is 23.6 Å². The third-order valence-electron chi connectivity index (χ3n) is 4.76. The summed E-state index contributed by atoms with van der Waals surface area (Å²) in [5, 5.41) is 0. The van der Waals surface area contributed by atoms with Crippen molar-refractivity contribution in [1.29, 1.82) is 0 Å². The molecule has 0 radical (unpaired) electrons. The van der Waals surface area contributed by atoms with Gasteiger partial charge in [-0.25, -0.2) is 0 Å². The van der Waals surface area contributed by atoms with Crippen molar-refractivity contribution in [2.75, 3.05) is 32.4 Å². The van der Waals surface area contributed by atoms with Crippen molar-refractivity contribution in [2.24, 2.45) is 0 Å². The summed E-state index contributed by atoms with van der Waals surface area (Å²) in [7, 11) is 0. The van der Waals surface area contributed by atoms with E-state index in [1.165, 1.54) is 4.90 Å². The molecule has 0 atom stereocenters. The second-order valence-corrected chi connectivity index (χ2v) is 7.28. The largest absolute Gasteiger partial charge is 0.341 e. The van der Waals surface area contributed by atoms with Crippen LogP contribution in [0, 0.1) is 0 Å². The standard InChI is InChI=1S/C21H24N2O2S/c1-16(24)22-11-6-12-23(14-13-22)21(25)18-8-5-7-17(15-18)19-9-3-4-10-20(19)26-2/h3-5,7-10,15H,6,11-14H2,1-2H3. The van der Waals surface area contributed by atoms with E-state index in [1.807, 2.05) is 46.2 Å². The Balaban J connectivity index is 1.81. The van der Waals surface area contributed by atoms with Gasteiger partial charge in [0.1, 0.15) is 0 Å². The molecule has 5 heteroatoms. The molecule has 4 nitrogen and oxygen atoms in total. The molecule has 2 amide bonds. The highest BCUT2D eigenvalue weighted by Crippen LogP contribution is 2.30. The van der Waals surface area contributed by atoms with E-state index in [4.69, 9.17) is 0 Å². The molecular formula is C21H24N2O2S. The Morgan fingerprint density at radius 3 is 2.42 bits per heavy atom. The van der Waals surface area contributed by atoms with Crippen LogP contribution in [0.4, 0.5) is 0 Å². The molecule has 136 valence electrons. The Bertz CT molecular complexity index is 806. The molecule has 0 aliphatic carbocycles. The van der Waals surface area contributed by atoms with Gasteiger partial charge in [-0.05, 0) is 42.0 Å². The monoisotopic (exact) mass is 368 g/mol. The van der Waals surface area contributed by atoms with Gasteiger partial charge in [0.2, 0.25) is 5.91 Å². The smallest absolute Gasteiger partial charge is 0.253 e. The first-order valence-corrected chi connectivity index (χ1v) is 10.1. The van der Waals surface area contributed by atoms with Crippen LogP contribution in [0.1, 0.15) is 23.7 Å². The molecule has 0 saturated carbocycles. The van der Waals surface area contributed by atoms with Gasteiger partial charge in [0, 0.05) is 43.6 Å². The van der Waals surface area contributed by atoms with Crippen LogP contribution in [-0.4, -0.2) is 54.0 Å². The Labute approximate surface area is 159 Å². The zero-order valence-electron chi connectivity index (χ0n) is 15.3. The molecule has 1 saturated heterocycles. The highest BCUT2D eigenvalue weighted by molar-refractivity contribution is 7.98. The summed E-state index contributed by atoms with van der Waals surface area (Å²) in [6.07, 6.45) is 2.88. The quantitative estimate of drug-likeness (QED) is 0.775. The van der Waals surface area contributed by atoms with Gasteiger partial charge in [0.05, 0.1) is 0 Å². The minimum atomic E-state index is 0.0406. The summed E-state index contributed by atoms with van der Waals surface area (Å²) in [6.45, 7) is 4.19. The van der Waals surface area contributed by atoms with Crippen LogP contribution in [-0.2, 0) is 4.79 Å². The maximum absolute atomic E-state index is 13.0. The molecule has 2 aromatic rings. The molecule has 1 aliphatic rings. The van der Waals surface area contributed by atoms with E-state index in [1.54, 1.807) is 18.7 Å². The minimum Gasteiger partial charge on any atom is -0.341 e. The zero-order valence-corrected chi connectivity index (χ0v) is 16.1. The lowest BCUT2D eigenvalue weighted by Gasteiger charge is -2.21. The zero-order chi connectivity index (χ0) is 18.5. The summed E-state index contributed by atoms with van der Waals surface area (Å²) in [6, 6.07) is 16.1. The molecule has 0 aromatic heterocycles. The van der Waals surface area contributed by atoms with Crippen LogP contribution in [0.2, 0.25) is 0 Å².